The van der Waals surface area contributed by atoms with Gasteiger partial charge in [-0.3, -0.25) is 4.79 Å². The van der Waals surface area contributed by atoms with Crippen LogP contribution in [0, 0.1) is 0 Å². The van der Waals surface area contributed by atoms with E-state index >= 15 is 0 Å². The molecule has 1 aromatic heterocycles. The predicted molar refractivity (Wildman–Crippen MR) is 111 cm³/mol. The van der Waals surface area contributed by atoms with Crippen LogP contribution in [0.25, 0.3) is 17.8 Å². The number of methoxy groups -OCH3 is 2. The fourth-order valence-corrected chi connectivity index (χ4v) is 3.04. The van der Waals surface area contributed by atoms with Gasteiger partial charge in [-0.05, 0) is 35.4 Å². The Bertz CT molecular complexity index is 978. The standard InChI is InChI=1S/C22H21ClN2O3/c1-27-14-21-20(13-26)22(15-28-2)25(24-21)19-5-3-4-17(12-19)7-6-16-8-10-18(23)11-9-16/h3-13H,14-15H2,1-2H3/b7-6+. The Balaban J connectivity index is 1.97. The van der Waals surface area contributed by atoms with Crippen molar-refractivity contribution in [2.45, 2.75) is 13.2 Å². The normalized spacial score (nSPS) is 11.2. The van der Waals surface area contributed by atoms with E-state index in [9.17, 15) is 4.79 Å². The Morgan fingerprint density at radius 2 is 1.71 bits per heavy atom. The Morgan fingerprint density at radius 3 is 2.39 bits per heavy atom. The molecule has 28 heavy (non-hydrogen) atoms. The van der Waals surface area contributed by atoms with Crippen molar-refractivity contribution in [3.63, 3.8) is 0 Å². The van der Waals surface area contributed by atoms with E-state index in [1.807, 2.05) is 60.7 Å². The molecule has 0 bridgehead atoms. The first-order valence-electron chi connectivity index (χ1n) is 8.74. The monoisotopic (exact) mass is 396 g/mol. The molecule has 0 aliphatic carbocycles. The maximum absolute atomic E-state index is 11.6. The molecule has 0 aliphatic rings. The van der Waals surface area contributed by atoms with Crippen LogP contribution < -0.4 is 0 Å². The van der Waals surface area contributed by atoms with Gasteiger partial charge in [0.1, 0.15) is 0 Å². The number of rotatable bonds is 8. The molecule has 0 saturated heterocycles. The zero-order valence-electron chi connectivity index (χ0n) is 15.8. The maximum Gasteiger partial charge on any atom is 0.153 e. The van der Waals surface area contributed by atoms with Gasteiger partial charge in [0.25, 0.3) is 0 Å². The van der Waals surface area contributed by atoms with Crippen molar-refractivity contribution in [3.8, 4) is 5.69 Å². The van der Waals surface area contributed by atoms with Gasteiger partial charge in [-0.15, -0.1) is 0 Å². The third-order valence-electron chi connectivity index (χ3n) is 4.23. The van der Waals surface area contributed by atoms with Crippen molar-refractivity contribution in [1.82, 2.24) is 9.78 Å². The molecule has 1 heterocycles. The number of hydrogen-bond donors (Lipinski definition) is 0. The molecule has 0 amide bonds. The topological polar surface area (TPSA) is 53.4 Å². The second kappa shape index (κ2) is 9.46. The molecule has 0 unspecified atom stereocenters. The van der Waals surface area contributed by atoms with Gasteiger partial charge in [0.2, 0.25) is 0 Å². The molecule has 6 heteroatoms. The van der Waals surface area contributed by atoms with E-state index in [2.05, 4.69) is 5.10 Å². The molecular weight excluding hydrogens is 376 g/mol. The molecule has 0 fully saturated rings. The molecule has 3 rings (SSSR count). The number of carbonyl (C=O) groups excluding carboxylic acids is 1. The highest BCUT2D eigenvalue weighted by atomic mass is 35.5. The van der Waals surface area contributed by atoms with Crippen LogP contribution in [-0.2, 0) is 22.7 Å². The molecule has 0 N–H and O–H groups in total. The number of carbonyl (C=O) groups is 1. The zero-order chi connectivity index (χ0) is 19.9. The van der Waals surface area contributed by atoms with Gasteiger partial charge < -0.3 is 9.47 Å². The summed E-state index contributed by atoms with van der Waals surface area (Å²) >= 11 is 5.93. The average Bonchev–Trinajstić information content (AvgIpc) is 3.05. The van der Waals surface area contributed by atoms with Crippen LogP contribution in [0.5, 0.6) is 0 Å². The van der Waals surface area contributed by atoms with Crippen molar-refractivity contribution < 1.29 is 14.3 Å². The van der Waals surface area contributed by atoms with Crippen LogP contribution in [0.15, 0.2) is 48.5 Å². The van der Waals surface area contributed by atoms with E-state index in [0.29, 0.717) is 22.0 Å². The van der Waals surface area contributed by atoms with Gasteiger partial charge in [0.05, 0.1) is 35.9 Å². The van der Waals surface area contributed by atoms with Crippen molar-refractivity contribution in [2.24, 2.45) is 0 Å². The minimum absolute atomic E-state index is 0.258. The van der Waals surface area contributed by atoms with Gasteiger partial charge >= 0.3 is 0 Å². The highest BCUT2D eigenvalue weighted by molar-refractivity contribution is 6.30. The van der Waals surface area contributed by atoms with Gasteiger partial charge in [-0.2, -0.15) is 5.10 Å². The van der Waals surface area contributed by atoms with Gasteiger partial charge in [0, 0.05) is 19.2 Å². The van der Waals surface area contributed by atoms with Gasteiger partial charge in [0.15, 0.2) is 6.29 Å². The maximum atomic E-state index is 11.6. The van der Waals surface area contributed by atoms with Crippen LogP contribution >= 0.6 is 11.6 Å². The largest absolute Gasteiger partial charge is 0.378 e. The highest BCUT2D eigenvalue weighted by Gasteiger charge is 2.18. The first kappa shape index (κ1) is 20.0. The third kappa shape index (κ3) is 4.57. The zero-order valence-corrected chi connectivity index (χ0v) is 16.5. The summed E-state index contributed by atoms with van der Waals surface area (Å²) in [6, 6.07) is 15.5. The highest BCUT2D eigenvalue weighted by Crippen LogP contribution is 2.21. The van der Waals surface area contributed by atoms with E-state index in [1.165, 1.54) is 0 Å². The number of ether oxygens (including phenoxy) is 2. The minimum atomic E-state index is 0.258. The van der Waals surface area contributed by atoms with Crippen molar-refractivity contribution in [2.75, 3.05) is 14.2 Å². The number of benzene rings is 2. The number of halogens is 1. The first-order chi connectivity index (χ1) is 13.7. The van der Waals surface area contributed by atoms with E-state index < -0.39 is 0 Å². The molecule has 0 spiro atoms. The summed E-state index contributed by atoms with van der Waals surface area (Å²) in [6.07, 6.45) is 4.83. The molecule has 5 nitrogen and oxygen atoms in total. The smallest absolute Gasteiger partial charge is 0.153 e. The molecule has 2 aromatic carbocycles. The summed E-state index contributed by atoms with van der Waals surface area (Å²) in [5, 5.41) is 5.28. The second-order valence-corrected chi connectivity index (χ2v) is 6.62. The SMILES string of the molecule is COCc1nn(-c2cccc(/C=C/c3ccc(Cl)cc3)c2)c(COC)c1C=O. The first-order valence-corrected chi connectivity index (χ1v) is 9.12. The minimum Gasteiger partial charge on any atom is -0.378 e. The van der Waals surface area contributed by atoms with Crippen LogP contribution in [-0.4, -0.2) is 30.3 Å². The number of nitrogens with zero attached hydrogens (tertiary/aromatic N) is 2. The summed E-state index contributed by atoms with van der Waals surface area (Å²) < 4.78 is 12.2. The van der Waals surface area contributed by atoms with Crippen molar-refractivity contribution in [1.29, 1.82) is 0 Å². The number of aldehydes is 1. The Hall–Kier alpha value is -2.73. The lowest BCUT2D eigenvalue weighted by Gasteiger charge is -2.08. The third-order valence-corrected chi connectivity index (χ3v) is 4.48. The van der Waals surface area contributed by atoms with Crippen molar-refractivity contribution >= 4 is 30.0 Å². The van der Waals surface area contributed by atoms with E-state index in [1.54, 1.807) is 18.9 Å². The molecule has 0 saturated carbocycles. The molecule has 0 atom stereocenters. The van der Waals surface area contributed by atoms with E-state index in [4.69, 9.17) is 21.1 Å². The fraction of sp³-hybridized carbons (Fsp3) is 0.182. The summed E-state index contributed by atoms with van der Waals surface area (Å²) in [5.41, 5.74) is 4.70. The lowest BCUT2D eigenvalue weighted by molar-refractivity contribution is 0.111. The lowest BCUT2D eigenvalue weighted by Crippen LogP contribution is -2.05. The van der Waals surface area contributed by atoms with Crippen LogP contribution in [0.3, 0.4) is 0 Å². The lowest BCUT2D eigenvalue weighted by atomic mass is 10.1. The van der Waals surface area contributed by atoms with E-state index in [0.717, 1.165) is 23.1 Å². The van der Waals surface area contributed by atoms with Gasteiger partial charge in [-0.1, -0.05) is 48.0 Å². The molecule has 3 aromatic rings. The Kier molecular flexibility index (Phi) is 6.76. The summed E-state index contributed by atoms with van der Waals surface area (Å²) in [4.78, 5) is 11.6. The molecule has 0 radical (unpaired) electrons. The second-order valence-electron chi connectivity index (χ2n) is 6.18. The number of hydrogen-bond acceptors (Lipinski definition) is 4. The van der Waals surface area contributed by atoms with Crippen LogP contribution in [0.4, 0.5) is 0 Å². The van der Waals surface area contributed by atoms with Gasteiger partial charge in [-0.25, -0.2) is 4.68 Å². The van der Waals surface area contributed by atoms with Crippen LogP contribution in [0.2, 0.25) is 5.02 Å². The molecular formula is C22H21ClN2O3. The van der Waals surface area contributed by atoms with Crippen LogP contribution in [0.1, 0.15) is 32.9 Å². The molecule has 0 aliphatic heterocycles. The van der Waals surface area contributed by atoms with E-state index in [-0.39, 0.29) is 13.2 Å². The Morgan fingerprint density at radius 1 is 1.00 bits per heavy atom. The Labute approximate surface area is 169 Å². The summed E-state index contributed by atoms with van der Waals surface area (Å²) in [6.45, 7) is 0.531. The fourth-order valence-electron chi connectivity index (χ4n) is 2.91. The predicted octanol–water partition coefficient (Wildman–Crippen LogP) is 4.80. The average molecular weight is 397 g/mol. The molecule has 144 valence electrons. The quantitative estimate of drug-likeness (QED) is 0.405. The van der Waals surface area contributed by atoms with Crippen molar-refractivity contribution in [3.05, 3.63) is 81.6 Å². The summed E-state index contributed by atoms with van der Waals surface area (Å²) in [5.74, 6) is 0. The summed E-state index contributed by atoms with van der Waals surface area (Å²) in [7, 11) is 3.17. The number of aromatic nitrogens is 2.